The van der Waals surface area contributed by atoms with Gasteiger partial charge in [0.1, 0.15) is 12.1 Å². The number of rotatable bonds is 2. The Morgan fingerprint density at radius 3 is 2.62 bits per heavy atom. The number of benzene rings is 1. The van der Waals surface area contributed by atoms with E-state index >= 15 is 0 Å². The van der Waals surface area contributed by atoms with E-state index in [4.69, 9.17) is 5.73 Å². The molecule has 0 fully saturated rings. The van der Waals surface area contributed by atoms with Crippen LogP contribution in [0.5, 0.6) is 0 Å². The highest BCUT2D eigenvalue weighted by Crippen LogP contribution is 2.18. The first-order valence-corrected chi connectivity index (χ1v) is 4.07. The van der Waals surface area contributed by atoms with Crippen LogP contribution in [0.3, 0.4) is 0 Å². The number of hydrogen-bond acceptors (Lipinski definition) is 2. The summed E-state index contributed by atoms with van der Waals surface area (Å²) in [5.74, 6) is -0.321. The van der Waals surface area contributed by atoms with E-state index in [1.165, 1.54) is 12.1 Å². The molecule has 2 nitrogen and oxygen atoms in total. The highest BCUT2D eigenvalue weighted by molar-refractivity contribution is 5.78. The SMILES string of the molecule is Cc1cc(C=O)c(C(C)N)cc1F. The molecule has 0 bridgehead atoms. The molecule has 0 spiro atoms. The molecule has 0 aromatic heterocycles. The third-order valence-corrected chi connectivity index (χ3v) is 1.98. The van der Waals surface area contributed by atoms with Crippen LogP contribution in [0.25, 0.3) is 0 Å². The van der Waals surface area contributed by atoms with Crippen molar-refractivity contribution in [2.75, 3.05) is 0 Å². The maximum Gasteiger partial charge on any atom is 0.150 e. The van der Waals surface area contributed by atoms with Crippen LogP contribution in [0.4, 0.5) is 4.39 Å². The smallest absolute Gasteiger partial charge is 0.150 e. The van der Waals surface area contributed by atoms with Crippen molar-refractivity contribution in [2.45, 2.75) is 19.9 Å². The number of nitrogens with two attached hydrogens (primary N) is 1. The van der Waals surface area contributed by atoms with Crippen molar-refractivity contribution in [2.24, 2.45) is 5.73 Å². The first-order chi connectivity index (χ1) is 6.06. The summed E-state index contributed by atoms with van der Waals surface area (Å²) in [6.45, 7) is 3.34. The van der Waals surface area contributed by atoms with E-state index in [9.17, 15) is 9.18 Å². The van der Waals surface area contributed by atoms with Crippen molar-refractivity contribution < 1.29 is 9.18 Å². The summed E-state index contributed by atoms with van der Waals surface area (Å²) < 4.78 is 13.1. The molecule has 3 heteroatoms. The van der Waals surface area contributed by atoms with E-state index in [0.29, 0.717) is 23.0 Å². The predicted molar refractivity (Wildman–Crippen MR) is 49.1 cm³/mol. The molecule has 13 heavy (non-hydrogen) atoms. The molecular formula is C10H12FNO. The Balaban J connectivity index is 3.32. The summed E-state index contributed by atoms with van der Waals surface area (Å²) in [7, 11) is 0. The summed E-state index contributed by atoms with van der Waals surface area (Å²) in [4.78, 5) is 10.6. The van der Waals surface area contributed by atoms with E-state index in [-0.39, 0.29) is 11.9 Å². The Labute approximate surface area is 76.6 Å². The Morgan fingerprint density at radius 1 is 1.54 bits per heavy atom. The van der Waals surface area contributed by atoms with Gasteiger partial charge in [0, 0.05) is 11.6 Å². The van der Waals surface area contributed by atoms with Crippen LogP contribution < -0.4 is 5.73 Å². The lowest BCUT2D eigenvalue weighted by Gasteiger charge is -2.09. The zero-order chi connectivity index (χ0) is 10.0. The molecule has 0 amide bonds. The van der Waals surface area contributed by atoms with E-state index in [1.807, 2.05) is 0 Å². The number of hydrogen-bond donors (Lipinski definition) is 1. The second kappa shape index (κ2) is 3.66. The van der Waals surface area contributed by atoms with Crippen LogP contribution in [0.1, 0.15) is 34.5 Å². The minimum absolute atomic E-state index is 0.321. The fraction of sp³-hybridized carbons (Fsp3) is 0.300. The Kier molecular flexibility index (Phi) is 2.78. The number of carbonyl (C=O) groups excluding carboxylic acids is 1. The first kappa shape index (κ1) is 9.86. The zero-order valence-electron chi connectivity index (χ0n) is 7.67. The lowest BCUT2D eigenvalue weighted by Crippen LogP contribution is -2.09. The maximum atomic E-state index is 13.1. The van der Waals surface area contributed by atoms with Gasteiger partial charge in [-0.1, -0.05) is 0 Å². The molecule has 1 atom stereocenters. The second-order valence-electron chi connectivity index (χ2n) is 3.14. The van der Waals surface area contributed by atoms with Crippen LogP contribution >= 0.6 is 0 Å². The van der Waals surface area contributed by atoms with Gasteiger partial charge < -0.3 is 5.73 Å². The quantitative estimate of drug-likeness (QED) is 0.709. The average Bonchev–Trinajstić information content (AvgIpc) is 2.08. The minimum Gasteiger partial charge on any atom is -0.324 e. The standard InChI is InChI=1S/C10H12FNO/c1-6-3-8(5-13)9(7(2)12)4-10(6)11/h3-5,7H,12H2,1-2H3. The van der Waals surface area contributed by atoms with Crippen molar-refractivity contribution in [1.82, 2.24) is 0 Å². The summed E-state index contributed by atoms with van der Waals surface area (Å²) in [5.41, 5.74) is 7.07. The molecule has 0 heterocycles. The van der Waals surface area contributed by atoms with Gasteiger partial charge in [-0.15, -0.1) is 0 Å². The molecule has 0 saturated carbocycles. The van der Waals surface area contributed by atoms with E-state index < -0.39 is 0 Å². The average molecular weight is 181 g/mol. The highest BCUT2D eigenvalue weighted by Gasteiger charge is 2.09. The first-order valence-electron chi connectivity index (χ1n) is 4.07. The van der Waals surface area contributed by atoms with Gasteiger partial charge in [0.15, 0.2) is 0 Å². The molecule has 1 aromatic rings. The molecular weight excluding hydrogens is 169 g/mol. The van der Waals surface area contributed by atoms with Crippen molar-refractivity contribution in [3.63, 3.8) is 0 Å². The van der Waals surface area contributed by atoms with Gasteiger partial charge in [0.2, 0.25) is 0 Å². The largest absolute Gasteiger partial charge is 0.324 e. The van der Waals surface area contributed by atoms with E-state index in [1.54, 1.807) is 13.8 Å². The third-order valence-electron chi connectivity index (χ3n) is 1.98. The summed E-state index contributed by atoms with van der Waals surface area (Å²) >= 11 is 0. The lowest BCUT2D eigenvalue weighted by molar-refractivity contribution is 0.112. The number of halogens is 1. The van der Waals surface area contributed by atoms with Crippen molar-refractivity contribution >= 4 is 6.29 Å². The molecule has 0 aliphatic rings. The van der Waals surface area contributed by atoms with Gasteiger partial charge in [-0.3, -0.25) is 4.79 Å². The van der Waals surface area contributed by atoms with Crippen LogP contribution in [-0.2, 0) is 0 Å². The maximum absolute atomic E-state index is 13.1. The van der Waals surface area contributed by atoms with Crippen LogP contribution in [0.15, 0.2) is 12.1 Å². The number of aryl methyl sites for hydroxylation is 1. The molecule has 0 aliphatic carbocycles. The monoisotopic (exact) mass is 181 g/mol. The predicted octanol–water partition coefficient (Wildman–Crippen LogP) is 1.97. The number of carbonyl (C=O) groups is 1. The Morgan fingerprint density at radius 2 is 2.15 bits per heavy atom. The molecule has 2 N–H and O–H groups in total. The second-order valence-corrected chi connectivity index (χ2v) is 3.14. The van der Waals surface area contributed by atoms with Gasteiger partial charge in [-0.05, 0) is 37.1 Å². The number of aldehydes is 1. The molecule has 0 radical (unpaired) electrons. The minimum atomic E-state index is -0.324. The molecule has 0 aliphatic heterocycles. The summed E-state index contributed by atoms with van der Waals surface area (Å²) in [6.07, 6.45) is 0.700. The molecule has 0 saturated heterocycles. The highest BCUT2D eigenvalue weighted by atomic mass is 19.1. The van der Waals surface area contributed by atoms with E-state index in [2.05, 4.69) is 0 Å². The van der Waals surface area contributed by atoms with Gasteiger partial charge in [-0.2, -0.15) is 0 Å². The summed E-state index contributed by atoms with van der Waals surface area (Å²) in [6, 6.07) is 2.51. The summed E-state index contributed by atoms with van der Waals surface area (Å²) in [5, 5.41) is 0. The fourth-order valence-corrected chi connectivity index (χ4v) is 1.22. The molecule has 70 valence electrons. The molecule has 1 unspecified atom stereocenters. The molecule has 1 rings (SSSR count). The van der Waals surface area contributed by atoms with Gasteiger partial charge in [0.05, 0.1) is 0 Å². The van der Waals surface area contributed by atoms with Crippen LogP contribution in [0.2, 0.25) is 0 Å². The van der Waals surface area contributed by atoms with Gasteiger partial charge >= 0.3 is 0 Å². The van der Waals surface area contributed by atoms with Crippen LogP contribution in [-0.4, -0.2) is 6.29 Å². The van der Waals surface area contributed by atoms with E-state index in [0.717, 1.165) is 0 Å². The van der Waals surface area contributed by atoms with Gasteiger partial charge in [0.25, 0.3) is 0 Å². The van der Waals surface area contributed by atoms with Gasteiger partial charge in [-0.25, -0.2) is 4.39 Å². The third kappa shape index (κ3) is 1.92. The topological polar surface area (TPSA) is 43.1 Å². The Hall–Kier alpha value is -1.22. The van der Waals surface area contributed by atoms with Crippen molar-refractivity contribution in [1.29, 1.82) is 0 Å². The fourth-order valence-electron chi connectivity index (χ4n) is 1.22. The Bertz CT molecular complexity index is 334. The zero-order valence-corrected chi connectivity index (χ0v) is 7.67. The van der Waals surface area contributed by atoms with Crippen molar-refractivity contribution in [3.05, 3.63) is 34.6 Å². The normalized spacial score (nSPS) is 12.6. The lowest BCUT2D eigenvalue weighted by atomic mass is 10.0. The molecule has 1 aromatic carbocycles. The van der Waals surface area contributed by atoms with Crippen LogP contribution in [0, 0.1) is 12.7 Å². The van der Waals surface area contributed by atoms with Crippen molar-refractivity contribution in [3.8, 4) is 0 Å².